The van der Waals surface area contributed by atoms with E-state index < -0.39 is 0 Å². The predicted molar refractivity (Wildman–Crippen MR) is 66.9 cm³/mol. The number of nitrogens with zero attached hydrogens (tertiary/aromatic N) is 2. The van der Waals surface area contributed by atoms with Gasteiger partial charge in [-0.05, 0) is 25.0 Å². The molecule has 0 aliphatic carbocycles. The molecule has 0 unspecified atom stereocenters. The van der Waals surface area contributed by atoms with E-state index in [9.17, 15) is 4.79 Å². The van der Waals surface area contributed by atoms with Gasteiger partial charge in [-0.3, -0.25) is 9.80 Å². The molecule has 0 spiro atoms. The fraction of sp³-hybridized carbons (Fsp3) is 0.357. The highest BCUT2D eigenvalue weighted by Crippen LogP contribution is 2.09. The van der Waals surface area contributed by atoms with Gasteiger partial charge in [-0.2, -0.15) is 0 Å². The monoisotopic (exact) mass is 228 g/mol. The molecule has 0 N–H and O–H groups in total. The number of rotatable bonds is 1. The molecule has 2 rings (SSSR count). The van der Waals surface area contributed by atoms with E-state index in [-0.39, 0.29) is 5.91 Å². The van der Waals surface area contributed by atoms with Gasteiger partial charge in [0.25, 0.3) is 0 Å². The van der Waals surface area contributed by atoms with E-state index in [1.807, 2.05) is 35.3 Å². The first-order chi connectivity index (χ1) is 8.27. The Morgan fingerprint density at radius 2 is 1.88 bits per heavy atom. The summed E-state index contributed by atoms with van der Waals surface area (Å²) in [7, 11) is 1.79. The van der Waals surface area contributed by atoms with Crippen LogP contribution in [0.3, 0.4) is 0 Å². The van der Waals surface area contributed by atoms with Crippen molar-refractivity contribution < 1.29 is 4.79 Å². The molecule has 1 heterocycles. The lowest BCUT2D eigenvalue weighted by molar-refractivity contribution is -0.137. The molecule has 3 heteroatoms. The summed E-state index contributed by atoms with van der Waals surface area (Å²) < 4.78 is 0. The molecule has 0 aromatic heterocycles. The van der Waals surface area contributed by atoms with Crippen LogP contribution >= 0.6 is 0 Å². The first kappa shape index (κ1) is 11.7. The van der Waals surface area contributed by atoms with Gasteiger partial charge >= 0.3 is 5.91 Å². The summed E-state index contributed by atoms with van der Waals surface area (Å²) in [5.74, 6) is 5.41. The number of hydrogen-bond acceptors (Lipinski definition) is 2. The third-order valence-corrected chi connectivity index (χ3v) is 2.89. The van der Waals surface area contributed by atoms with Crippen LogP contribution in [-0.2, 0) is 4.79 Å². The lowest BCUT2D eigenvalue weighted by atomic mass is 10.2. The number of hydrazine groups is 1. The smallest absolute Gasteiger partial charge is 0.268 e. The van der Waals surface area contributed by atoms with E-state index in [1.54, 1.807) is 12.1 Å². The van der Waals surface area contributed by atoms with Crippen LogP contribution in [0.25, 0.3) is 0 Å². The second-order valence-corrected chi connectivity index (χ2v) is 4.11. The van der Waals surface area contributed by atoms with Crippen molar-refractivity contribution in [2.75, 3.05) is 20.1 Å². The van der Waals surface area contributed by atoms with Gasteiger partial charge in [-0.15, -0.1) is 0 Å². The van der Waals surface area contributed by atoms with Gasteiger partial charge in [0.15, 0.2) is 0 Å². The summed E-state index contributed by atoms with van der Waals surface area (Å²) in [6, 6.07) is 9.56. The van der Waals surface area contributed by atoms with Gasteiger partial charge in [-0.25, -0.2) is 5.01 Å². The molecule has 1 aliphatic heterocycles. The highest BCUT2D eigenvalue weighted by Gasteiger charge is 2.18. The normalized spacial score (nSPS) is 15.1. The zero-order valence-corrected chi connectivity index (χ0v) is 10.0. The number of amides is 1. The highest BCUT2D eigenvalue weighted by molar-refractivity contribution is 5.93. The maximum Gasteiger partial charge on any atom is 0.312 e. The van der Waals surface area contributed by atoms with Gasteiger partial charge in [0.2, 0.25) is 0 Å². The first-order valence-corrected chi connectivity index (χ1v) is 5.87. The van der Waals surface area contributed by atoms with Crippen molar-refractivity contribution in [1.29, 1.82) is 0 Å². The quantitative estimate of drug-likeness (QED) is 0.680. The lowest BCUT2D eigenvalue weighted by Gasteiger charge is -2.25. The lowest BCUT2D eigenvalue weighted by Crippen LogP contribution is -2.41. The van der Waals surface area contributed by atoms with E-state index in [0.29, 0.717) is 0 Å². The van der Waals surface area contributed by atoms with Crippen molar-refractivity contribution in [2.24, 2.45) is 0 Å². The molecule has 17 heavy (non-hydrogen) atoms. The van der Waals surface area contributed by atoms with Gasteiger partial charge < -0.3 is 0 Å². The van der Waals surface area contributed by atoms with Crippen LogP contribution in [0.1, 0.15) is 18.4 Å². The van der Waals surface area contributed by atoms with Gasteiger partial charge in [0, 0.05) is 31.6 Å². The van der Waals surface area contributed by atoms with Gasteiger partial charge in [0.05, 0.1) is 0 Å². The predicted octanol–water partition coefficient (Wildman–Crippen LogP) is 1.51. The topological polar surface area (TPSA) is 23.6 Å². The third-order valence-electron chi connectivity index (χ3n) is 2.89. The Balaban J connectivity index is 1.99. The Labute approximate surface area is 102 Å². The standard InChI is InChI=1S/C14H16N2O/c1-15(16-11-5-6-12-16)14(17)10-9-13-7-3-2-4-8-13/h2-4,7-8H,5-6,11-12H2,1H3. The molecule has 1 saturated heterocycles. The first-order valence-electron chi connectivity index (χ1n) is 5.87. The largest absolute Gasteiger partial charge is 0.312 e. The second kappa shape index (κ2) is 5.51. The van der Waals surface area contributed by atoms with E-state index in [0.717, 1.165) is 31.5 Å². The average Bonchev–Trinajstić information content (AvgIpc) is 2.90. The molecule has 1 aliphatic rings. The minimum atomic E-state index is -0.143. The Bertz CT molecular complexity index is 438. The molecule has 1 fully saturated rings. The summed E-state index contributed by atoms with van der Waals surface area (Å²) in [4.78, 5) is 11.8. The third kappa shape index (κ3) is 3.08. The van der Waals surface area contributed by atoms with Gasteiger partial charge in [0.1, 0.15) is 0 Å². The van der Waals surface area contributed by atoms with E-state index in [1.165, 1.54) is 0 Å². The van der Waals surface area contributed by atoms with Crippen molar-refractivity contribution in [1.82, 2.24) is 10.0 Å². The maximum atomic E-state index is 11.8. The van der Waals surface area contributed by atoms with Crippen LogP contribution in [0.2, 0.25) is 0 Å². The fourth-order valence-electron chi connectivity index (χ4n) is 1.86. The van der Waals surface area contributed by atoms with Crippen molar-refractivity contribution in [3.63, 3.8) is 0 Å². The molecule has 0 bridgehead atoms. The molecule has 88 valence electrons. The van der Waals surface area contributed by atoms with Crippen LogP contribution < -0.4 is 0 Å². The zero-order valence-electron chi connectivity index (χ0n) is 10.0. The van der Waals surface area contributed by atoms with Crippen LogP contribution in [-0.4, -0.2) is 36.1 Å². The number of carbonyl (C=O) groups is 1. The minimum Gasteiger partial charge on any atom is -0.268 e. The zero-order chi connectivity index (χ0) is 12.1. The molecule has 1 aromatic rings. The highest BCUT2D eigenvalue weighted by atomic mass is 16.2. The molecule has 3 nitrogen and oxygen atoms in total. The Kier molecular flexibility index (Phi) is 3.79. The van der Waals surface area contributed by atoms with E-state index in [4.69, 9.17) is 0 Å². The van der Waals surface area contributed by atoms with Crippen LogP contribution in [0.4, 0.5) is 0 Å². The molecule has 1 amide bonds. The Morgan fingerprint density at radius 3 is 2.53 bits per heavy atom. The summed E-state index contributed by atoms with van der Waals surface area (Å²) in [5, 5.41) is 3.67. The Hall–Kier alpha value is -1.79. The number of benzene rings is 1. The number of carbonyl (C=O) groups excluding carboxylic acids is 1. The summed E-state index contributed by atoms with van der Waals surface area (Å²) in [6.07, 6.45) is 2.31. The summed E-state index contributed by atoms with van der Waals surface area (Å²) in [5.41, 5.74) is 0.871. The minimum absolute atomic E-state index is 0.143. The average molecular weight is 228 g/mol. The Morgan fingerprint density at radius 1 is 1.24 bits per heavy atom. The van der Waals surface area contributed by atoms with Crippen molar-refractivity contribution in [3.05, 3.63) is 35.9 Å². The van der Waals surface area contributed by atoms with Crippen LogP contribution in [0.15, 0.2) is 30.3 Å². The fourth-order valence-corrected chi connectivity index (χ4v) is 1.86. The van der Waals surface area contributed by atoms with Gasteiger partial charge in [-0.1, -0.05) is 24.1 Å². The SMILES string of the molecule is CN(C(=O)C#Cc1ccccc1)N1CCCC1. The molecule has 0 radical (unpaired) electrons. The second-order valence-electron chi connectivity index (χ2n) is 4.11. The molecule has 0 saturated carbocycles. The van der Waals surface area contributed by atoms with Crippen LogP contribution in [0, 0.1) is 11.8 Å². The molecule has 0 atom stereocenters. The van der Waals surface area contributed by atoms with Crippen molar-refractivity contribution >= 4 is 5.91 Å². The van der Waals surface area contributed by atoms with Crippen molar-refractivity contribution in [2.45, 2.75) is 12.8 Å². The van der Waals surface area contributed by atoms with E-state index in [2.05, 4.69) is 11.8 Å². The number of hydrogen-bond donors (Lipinski definition) is 0. The summed E-state index contributed by atoms with van der Waals surface area (Å²) >= 11 is 0. The van der Waals surface area contributed by atoms with E-state index >= 15 is 0 Å². The molecular weight excluding hydrogens is 212 g/mol. The van der Waals surface area contributed by atoms with Crippen LogP contribution in [0.5, 0.6) is 0 Å². The molecule has 1 aromatic carbocycles. The van der Waals surface area contributed by atoms with Crippen molar-refractivity contribution in [3.8, 4) is 11.8 Å². The molecular formula is C14H16N2O. The summed E-state index contributed by atoms with van der Waals surface area (Å²) in [6.45, 7) is 1.91. The maximum absolute atomic E-state index is 11.8.